The zero-order valence-electron chi connectivity index (χ0n) is 28.2. The zero-order valence-corrected chi connectivity index (χ0v) is 28.2. The molecule has 1 aromatic heterocycles. The predicted molar refractivity (Wildman–Crippen MR) is 194 cm³/mol. The molecule has 0 N–H and O–H groups in total. The lowest BCUT2D eigenvalue weighted by molar-refractivity contribution is 0.332. The Hall–Kier alpha value is -4.89. The van der Waals surface area contributed by atoms with Gasteiger partial charge in [0.15, 0.2) is 17.5 Å². The molecule has 0 bridgehead atoms. The number of fused-ring (bicyclic) bond motifs is 4. The van der Waals surface area contributed by atoms with Gasteiger partial charge in [0, 0.05) is 22.1 Å². The summed E-state index contributed by atoms with van der Waals surface area (Å²) >= 11 is 0. The van der Waals surface area contributed by atoms with Crippen LogP contribution in [-0.4, -0.2) is 15.0 Å². The molecule has 6 aromatic rings. The average molecular weight is 612 g/mol. The van der Waals surface area contributed by atoms with Crippen LogP contribution in [0.3, 0.4) is 0 Å². The molecular weight excluding hydrogens is 571 g/mol. The minimum absolute atomic E-state index is 0.0997. The second kappa shape index (κ2) is 10.6. The first-order valence-electron chi connectivity index (χ1n) is 16.8. The highest BCUT2D eigenvalue weighted by Gasteiger charge is 2.38. The van der Waals surface area contributed by atoms with E-state index in [9.17, 15) is 0 Å². The lowest BCUT2D eigenvalue weighted by atomic mass is 9.63. The van der Waals surface area contributed by atoms with E-state index in [0.717, 1.165) is 16.7 Å². The molecule has 3 heteroatoms. The van der Waals surface area contributed by atoms with Crippen LogP contribution in [0, 0.1) is 0 Å². The molecule has 2 aliphatic carbocycles. The van der Waals surface area contributed by atoms with E-state index >= 15 is 0 Å². The summed E-state index contributed by atoms with van der Waals surface area (Å²) in [4.78, 5) is 15.3. The molecule has 0 amide bonds. The lowest BCUT2D eigenvalue weighted by Gasteiger charge is -2.42. The van der Waals surface area contributed by atoms with Gasteiger partial charge in [-0.1, -0.05) is 157 Å². The van der Waals surface area contributed by atoms with Gasteiger partial charge in [0.25, 0.3) is 0 Å². The molecule has 1 heterocycles. The van der Waals surface area contributed by atoms with Gasteiger partial charge in [0.1, 0.15) is 0 Å². The number of rotatable bonds is 4. The van der Waals surface area contributed by atoms with E-state index in [0.29, 0.717) is 17.5 Å². The van der Waals surface area contributed by atoms with Crippen molar-refractivity contribution in [3.05, 3.63) is 138 Å². The van der Waals surface area contributed by atoms with E-state index in [1.165, 1.54) is 57.3 Å². The topological polar surface area (TPSA) is 38.7 Å². The largest absolute Gasteiger partial charge is 0.208 e. The van der Waals surface area contributed by atoms with Crippen molar-refractivity contribution in [2.24, 2.45) is 0 Å². The van der Waals surface area contributed by atoms with Crippen molar-refractivity contribution in [3.63, 3.8) is 0 Å². The molecule has 0 aliphatic heterocycles. The van der Waals surface area contributed by atoms with Gasteiger partial charge in [-0.25, -0.2) is 15.0 Å². The van der Waals surface area contributed by atoms with Crippen LogP contribution in [0.25, 0.3) is 56.4 Å². The summed E-state index contributed by atoms with van der Waals surface area (Å²) in [6.45, 7) is 14.1. The second-order valence-electron chi connectivity index (χ2n) is 15.2. The molecular formula is C44H41N3. The average Bonchev–Trinajstić information content (AvgIpc) is 3.33. The molecule has 3 nitrogen and oxygen atoms in total. The third-order valence-electron chi connectivity index (χ3n) is 10.8. The van der Waals surface area contributed by atoms with Crippen LogP contribution in [0.4, 0.5) is 0 Å². The number of hydrogen-bond acceptors (Lipinski definition) is 3. The van der Waals surface area contributed by atoms with E-state index in [1.54, 1.807) is 0 Å². The minimum atomic E-state index is -0.0997. The van der Waals surface area contributed by atoms with Crippen LogP contribution in [0.5, 0.6) is 0 Å². The first kappa shape index (κ1) is 29.5. The van der Waals surface area contributed by atoms with Crippen LogP contribution >= 0.6 is 0 Å². The summed E-state index contributed by atoms with van der Waals surface area (Å²) in [5.41, 5.74) is 13.8. The monoisotopic (exact) mass is 611 g/mol. The highest BCUT2D eigenvalue weighted by atomic mass is 15.0. The maximum Gasteiger partial charge on any atom is 0.164 e. The second-order valence-corrected chi connectivity index (χ2v) is 15.2. The predicted octanol–water partition coefficient (Wildman–Crippen LogP) is 11.2. The van der Waals surface area contributed by atoms with E-state index in [4.69, 9.17) is 15.0 Å². The van der Waals surface area contributed by atoms with Crippen molar-refractivity contribution in [2.45, 2.75) is 70.6 Å². The molecule has 0 unspecified atom stereocenters. The highest BCUT2D eigenvalue weighted by molar-refractivity contribution is 5.91. The molecule has 0 fully saturated rings. The quantitative estimate of drug-likeness (QED) is 0.199. The number of hydrogen-bond donors (Lipinski definition) is 0. The van der Waals surface area contributed by atoms with Crippen molar-refractivity contribution < 1.29 is 0 Å². The van der Waals surface area contributed by atoms with Gasteiger partial charge in [-0.15, -0.1) is 0 Å². The van der Waals surface area contributed by atoms with Gasteiger partial charge in [0.2, 0.25) is 0 Å². The first-order chi connectivity index (χ1) is 22.5. The van der Waals surface area contributed by atoms with Gasteiger partial charge in [-0.05, 0) is 68.2 Å². The van der Waals surface area contributed by atoms with Gasteiger partial charge in [-0.2, -0.15) is 0 Å². The third kappa shape index (κ3) is 4.83. The fourth-order valence-electron chi connectivity index (χ4n) is 7.86. The number of aromatic nitrogens is 3. The van der Waals surface area contributed by atoms with Crippen molar-refractivity contribution in [2.75, 3.05) is 0 Å². The molecule has 0 radical (unpaired) electrons. The van der Waals surface area contributed by atoms with Crippen LogP contribution in [0.1, 0.15) is 76.6 Å². The summed E-state index contributed by atoms with van der Waals surface area (Å²) in [5.74, 6) is 2.05. The van der Waals surface area contributed by atoms with E-state index < -0.39 is 0 Å². The first-order valence-corrected chi connectivity index (χ1v) is 16.8. The summed E-state index contributed by atoms with van der Waals surface area (Å²) in [5, 5.41) is 0. The summed E-state index contributed by atoms with van der Waals surface area (Å²) < 4.78 is 0. The van der Waals surface area contributed by atoms with Gasteiger partial charge >= 0.3 is 0 Å². The standard InChI is InChI=1S/C44H41N3/c1-42(2)25-26-43(3,4)37-27-31(23-24-35(37)42)28-19-21-30(22-20-28)40-45-39(29-13-8-7-9-14-29)46-41(47-40)33-16-12-18-36-38(33)32-15-10-11-17-34(32)44(36,5)6/h7-24,27H,25-26H2,1-6H3. The Balaban J connectivity index is 1.24. The number of benzene rings is 5. The van der Waals surface area contributed by atoms with Crippen molar-refractivity contribution in [3.8, 4) is 56.4 Å². The van der Waals surface area contributed by atoms with Crippen molar-refractivity contribution in [1.82, 2.24) is 15.0 Å². The van der Waals surface area contributed by atoms with Gasteiger partial charge in [-0.3, -0.25) is 0 Å². The van der Waals surface area contributed by atoms with E-state index in [1.807, 2.05) is 18.2 Å². The summed E-state index contributed by atoms with van der Waals surface area (Å²) in [7, 11) is 0. The minimum Gasteiger partial charge on any atom is -0.208 e. The molecule has 2 aliphatic rings. The Labute approximate surface area is 278 Å². The Morgan fingerprint density at radius 2 is 0.936 bits per heavy atom. The van der Waals surface area contributed by atoms with Crippen molar-refractivity contribution in [1.29, 1.82) is 0 Å². The fraction of sp³-hybridized carbons (Fsp3) is 0.250. The highest BCUT2D eigenvalue weighted by Crippen LogP contribution is 2.52. The van der Waals surface area contributed by atoms with Crippen LogP contribution < -0.4 is 0 Å². The maximum absolute atomic E-state index is 5.17. The van der Waals surface area contributed by atoms with Crippen LogP contribution in [0.15, 0.2) is 115 Å². The summed E-state index contributed by atoms with van der Waals surface area (Å²) in [6, 6.07) is 41.3. The molecule has 0 saturated carbocycles. The SMILES string of the molecule is CC1(C)CCC(C)(C)c2cc(-c3ccc(-c4nc(-c5ccccc5)nc(-c5cccc6c5-c5ccccc5C6(C)C)n4)cc3)ccc21. The van der Waals surface area contributed by atoms with E-state index in [-0.39, 0.29) is 16.2 Å². The fourth-order valence-corrected chi connectivity index (χ4v) is 7.86. The molecule has 0 atom stereocenters. The van der Waals surface area contributed by atoms with Gasteiger partial charge < -0.3 is 0 Å². The Morgan fingerprint density at radius 1 is 0.404 bits per heavy atom. The molecule has 47 heavy (non-hydrogen) atoms. The van der Waals surface area contributed by atoms with Crippen LogP contribution in [0.2, 0.25) is 0 Å². The molecule has 232 valence electrons. The molecule has 5 aromatic carbocycles. The van der Waals surface area contributed by atoms with Crippen molar-refractivity contribution >= 4 is 0 Å². The lowest BCUT2D eigenvalue weighted by Crippen LogP contribution is -2.33. The summed E-state index contributed by atoms with van der Waals surface area (Å²) in [6.07, 6.45) is 2.42. The molecule has 0 saturated heterocycles. The van der Waals surface area contributed by atoms with Crippen LogP contribution in [-0.2, 0) is 16.2 Å². The molecule has 8 rings (SSSR count). The third-order valence-corrected chi connectivity index (χ3v) is 10.8. The Morgan fingerprint density at radius 3 is 1.66 bits per heavy atom. The number of nitrogens with zero attached hydrogens (tertiary/aromatic N) is 3. The Bertz CT molecular complexity index is 2150. The van der Waals surface area contributed by atoms with Gasteiger partial charge in [0.05, 0.1) is 0 Å². The molecule has 0 spiro atoms. The van der Waals surface area contributed by atoms with E-state index in [2.05, 4.69) is 139 Å². The normalized spacial score (nSPS) is 16.6. The smallest absolute Gasteiger partial charge is 0.164 e. The maximum atomic E-state index is 5.17. The Kier molecular flexibility index (Phi) is 6.63. The zero-order chi connectivity index (χ0) is 32.6.